The van der Waals surface area contributed by atoms with Gasteiger partial charge in [-0.25, -0.2) is 9.89 Å². The Morgan fingerprint density at radius 3 is 2.72 bits per heavy atom. The Morgan fingerprint density at radius 1 is 1.50 bits per heavy atom. The van der Waals surface area contributed by atoms with E-state index in [0.29, 0.717) is 17.5 Å². The molecular formula is C11H19N3O3S. The molecule has 1 heterocycles. The number of hydrogen-bond acceptors (Lipinski definition) is 5. The first-order chi connectivity index (χ1) is 8.47. The number of nitrogens with zero attached hydrogens (tertiary/aromatic N) is 2. The van der Waals surface area contributed by atoms with Crippen molar-refractivity contribution >= 4 is 17.7 Å². The summed E-state index contributed by atoms with van der Waals surface area (Å²) < 4.78 is 6.50. The van der Waals surface area contributed by atoms with Crippen LogP contribution in [0.25, 0.3) is 0 Å². The standard InChI is InChI=1S/C11H19N3O3S/c1-5-17-9(15)8(4)6-18-11-13-12-10(16)14(11)7(2)3/h7-8H,5-6H2,1-4H3,(H,12,16). The van der Waals surface area contributed by atoms with Crippen LogP contribution in [0.4, 0.5) is 0 Å². The zero-order chi connectivity index (χ0) is 13.7. The van der Waals surface area contributed by atoms with Gasteiger partial charge in [-0.1, -0.05) is 18.7 Å². The van der Waals surface area contributed by atoms with Crippen molar-refractivity contribution in [3.05, 3.63) is 10.5 Å². The van der Waals surface area contributed by atoms with Gasteiger partial charge in [-0.15, -0.1) is 5.10 Å². The van der Waals surface area contributed by atoms with Gasteiger partial charge >= 0.3 is 11.7 Å². The molecule has 1 rings (SSSR count). The van der Waals surface area contributed by atoms with Gasteiger partial charge in [0.1, 0.15) is 0 Å². The van der Waals surface area contributed by atoms with Gasteiger partial charge in [0.05, 0.1) is 12.5 Å². The van der Waals surface area contributed by atoms with Crippen LogP contribution in [0.1, 0.15) is 33.7 Å². The molecule has 102 valence electrons. The van der Waals surface area contributed by atoms with Gasteiger partial charge in [0, 0.05) is 11.8 Å². The van der Waals surface area contributed by atoms with Crippen molar-refractivity contribution in [2.45, 2.75) is 38.9 Å². The van der Waals surface area contributed by atoms with E-state index in [1.54, 1.807) is 18.4 Å². The van der Waals surface area contributed by atoms with Crippen LogP contribution in [0.15, 0.2) is 9.95 Å². The maximum atomic E-state index is 11.5. The summed E-state index contributed by atoms with van der Waals surface area (Å²) in [5, 5.41) is 6.97. The van der Waals surface area contributed by atoms with Crippen LogP contribution in [0.3, 0.4) is 0 Å². The van der Waals surface area contributed by atoms with Gasteiger partial charge in [-0.05, 0) is 20.8 Å². The molecule has 0 saturated carbocycles. The number of aromatic nitrogens is 3. The summed E-state index contributed by atoms with van der Waals surface area (Å²) in [6, 6.07) is 0.0386. The van der Waals surface area contributed by atoms with Gasteiger partial charge in [0.15, 0.2) is 5.16 Å². The van der Waals surface area contributed by atoms with E-state index >= 15 is 0 Å². The predicted octanol–water partition coefficient (Wildman–Crippen LogP) is 1.44. The molecule has 0 amide bonds. The van der Waals surface area contributed by atoms with Crippen molar-refractivity contribution in [1.29, 1.82) is 0 Å². The van der Waals surface area contributed by atoms with Gasteiger partial charge in [-0.3, -0.25) is 9.36 Å². The van der Waals surface area contributed by atoms with Crippen LogP contribution in [0.5, 0.6) is 0 Å². The number of carbonyl (C=O) groups excluding carboxylic acids is 1. The minimum Gasteiger partial charge on any atom is -0.466 e. The van der Waals surface area contributed by atoms with E-state index < -0.39 is 0 Å². The third kappa shape index (κ3) is 3.63. The summed E-state index contributed by atoms with van der Waals surface area (Å²) in [6.45, 7) is 7.79. The number of H-pyrrole nitrogens is 1. The second kappa shape index (κ2) is 6.63. The molecule has 0 aromatic carbocycles. The minimum absolute atomic E-state index is 0.0386. The molecule has 0 radical (unpaired) electrons. The van der Waals surface area contributed by atoms with E-state index in [2.05, 4.69) is 10.2 Å². The molecule has 1 atom stereocenters. The zero-order valence-corrected chi connectivity index (χ0v) is 11.9. The van der Waals surface area contributed by atoms with E-state index in [4.69, 9.17) is 4.74 Å². The monoisotopic (exact) mass is 273 g/mol. The molecular weight excluding hydrogens is 254 g/mol. The zero-order valence-electron chi connectivity index (χ0n) is 11.1. The predicted molar refractivity (Wildman–Crippen MR) is 69.8 cm³/mol. The lowest BCUT2D eigenvalue weighted by Crippen LogP contribution is -2.20. The SMILES string of the molecule is CCOC(=O)C(C)CSc1n[nH]c(=O)n1C(C)C. The van der Waals surface area contributed by atoms with Crippen molar-refractivity contribution in [2.75, 3.05) is 12.4 Å². The Bertz CT molecular complexity index is 453. The Hall–Kier alpha value is -1.24. The normalized spacial score (nSPS) is 12.7. The quantitative estimate of drug-likeness (QED) is 0.627. The number of aromatic amines is 1. The molecule has 0 aliphatic heterocycles. The largest absolute Gasteiger partial charge is 0.466 e. The van der Waals surface area contributed by atoms with Crippen LogP contribution in [0, 0.1) is 5.92 Å². The molecule has 0 fully saturated rings. The number of rotatable bonds is 6. The van der Waals surface area contributed by atoms with Crippen LogP contribution in [0.2, 0.25) is 0 Å². The topological polar surface area (TPSA) is 77.0 Å². The number of carbonyl (C=O) groups is 1. The number of thioether (sulfide) groups is 1. The lowest BCUT2D eigenvalue weighted by molar-refractivity contribution is -0.146. The van der Waals surface area contributed by atoms with Crippen LogP contribution in [-0.4, -0.2) is 33.1 Å². The highest BCUT2D eigenvalue weighted by atomic mass is 32.2. The van der Waals surface area contributed by atoms with Gasteiger partial charge in [0.25, 0.3) is 0 Å². The fourth-order valence-corrected chi connectivity index (χ4v) is 2.48. The molecule has 0 aliphatic carbocycles. The highest BCUT2D eigenvalue weighted by Gasteiger charge is 2.17. The molecule has 7 heteroatoms. The first-order valence-electron chi connectivity index (χ1n) is 5.93. The van der Waals surface area contributed by atoms with Crippen LogP contribution in [-0.2, 0) is 9.53 Å². The summed E-state index contributed by atoms with van der Waals surface area (Å²) >= 11 is 1.38. The average molecular weight is 273 g/mol. The number of hydrogen-bond donors (Lipinski definition) is 1. The number of ether oxygens (including phenoxy) is 1. The smallest absolute Gasteiger partial charge is 0.344 e. The molecule has 0 saturated heterocycles. The second-order valence-corrected chi connectivity index (χ2v) is 5.23. The molecule has 6 nitrogen and oxygen atoms in total. The molecule has 1 aromatic heterocycles. The first kappa shape index (κ1) is 14.8. The lowest BCUT2D eigenvalue weighted by Gasteiger charge is -2.11. The summed E-state index contributed by atoms with van der Waals surface area (Å²) in [6.07, 6.45) is 0. The highest BCUT2D eigenvalue weighted by Crippen LogP contribution is 2.20. The summed E-state index contributed by atoms with van der Waals surface area (Å²) in [5.74, 6) is 0.0943. The van der Waals surface area contributed by atoms with E-state index in [1.807, 2.05) is 13.8 Å². The van der Waals surface area contributed by atoms with E-state index in [9.17, 15) is 9.59 Å². The lowest BCUT2D eigenvalue weighted by atomic mass is 10.2. The first-order valence-corrected chi connectivity index (χ1v) is 6.92. The van der Waals surface area contributed by atoms with E-state index in [0.717, 1.165) is 0 Å². The fourth-order valence-electron chi connectivity index (χ4n) is 1.40. The molecule has 1 aromatic rings. The van der Waals surface area contributed by atoms with Gasteiger partial charge < -0.3 is 4.74 Å². The highest BCUT2D eigenvalue weighted by molar-refractivity contribution is 7.99. The molecule has 0 aliphatic rings. The van der Waals surface area contributed by atoms with E-state index in [1.165, 1.54) is 11.8 Å². The summed E-state index contributed by atoms with van der Waals surface area (Å²) in [4.78, 5) is 23.0. The Morgan fingerprint density at radius 2 is 2.17 bits per heavy atom. The third-order valence-electron chi connectivity index (χ3n) is 2.34. The van der Waals surface area contributed by atoms with Gasteiger partial charge in [-0.2, -0.15) is 0 Å². The maximum Gasteiger partial charge on any atom is 0.344 e. The minimum atomic E-state index is -0.226. The van der Waals surface area contributed by atoms with Crippen LogP contribution < -0.4 is 5.69 Å². The van der Waals surface area contributed by atoms with Crippen molar-refractivity contribution in [1.82, 2.24) is 14.8 Å². The van der Waals surface area contributed by atoms with Gasteiger partial charge in [0.2, 0.25) is 0 Å². The third-order valence-corrected chi connectivity index (χ3v) is 3.55. The van der Waals surface area contributed by atoms with Crippen molar-refractivity contribution in [2.24, 2.45) is 5.92 Å². The Labute approximate surface area is 110 Å². The Kier molecular flexibility index (Phi) is 5.46. The van der Waals surface area contributed by atoms with E-state index in [-0.39, 0.29) is 23.6 Å². The molecule has 18 heavy (non-hydrogen) atoms. The fraction of sp³-hybridized carbons (Fsp3) is 0.727. The second-order valence-electron chi connectivity index (χ2n) is 4.24. The van der Waals surface area contributed by atoms with Crippen LogP contribution >= 0.6 is 11.8 Å². The van der Waals surface area contributed by atoms with Crippen molar-refractivity contribution in [3.63, 3.8) is 0 Å². The Balaban J connectivity index is 2.64. The summed E-state index contributed by atoms with van der Waals surface area (Å²) in [5.41, 5.74) is -0.226. The molecule has 1 unspecified atom stereocenters. The molecule has 1 N–H and O–H groups in total. The average Bonchev–Trinajstić information content (AvgIpc) is 2.67. The number of nitrogens with one attached hydrogen (secondary N) is 1. The van der Waals surface area contributed by atoms with Crippen molar-refractivity contribution < 1.29 is 9.53 Å². The molecule has 0 bridgehead atoms. The maximum absolute atomic E-state index is 11.5. The summed E-state index contributed by atoms with van der Waals surface area (Å²) in [7, 11) is 0. The van der Waals surface area contributed by atoms with Crippen molar-refractivity contribution in [3.8, 4) is 0 Å². The molecule has 0 spiro atoms. The number of esters is 1.